The van der Waals surface area contributed by atoms with Crippen LogP contribution in [0, 0.1) is 0 Å². The quantitative estimate of drug-likeness (QED) is 0.445. The third-order valence-corrected chi connectivity index (χ3v) is 3.90. The van der Waals surface area contributed by atoms with Crippen LogP contribution in [0.25, 0.3) is 0 Å². The van der Waals surface area contributed by atoms with Crippen LogP contribution in [0.3, 0.4) is 0 Å². The van der Waals surface area contributed by atoms with Crippen molar-refractivity contribution in [1.82, 2.24) is 0 Å². The van der Waals surface area contributed by atoms with Crippen molar-refractivity contribution in [1.29, 1.82) is 0 Å². The SMILES string of the molecule is NCCN(c1ccc(C(=O)O)c(C(=O)O)c1)c1ccc(C(=O)O)c(C(=O)O)c1. The molecule has 0 aromatic heterocycles. The van der Waals surface area contributed by atoms with E-state index < -0.39 is 46.1 Å². The Kier molecular flexibility index (Phi) is 5.96. The summed E-state index contributed by atoms with van der Waals surface area (Å²) in [5.74, 6) is -5.71. The zero-order valence-corrected chi connectivity index (χ0v) is 14.3. The predicted molar refractivity (Wildman–Crippen MR) is 96.8 cm³/mol. The number of carboxylic acid groups (broad SMARTS) is 4. The fraction of sp³-hybridized carbons (Fsp3) is 0.111. The Balaban J connectivity index is 2.63. The summed E-state index contributed by atoms with van der Waals surface area (Å²) in [6.45, 7) is 0.239. The molecule has 0 atom stereocenters. The average molecular weight is 388 g/mol. The standard InChI is InChI=1S/C18H16N2O8/c19-5-6-20(9-1-3-11(15(21)22)13(7-9)17(25)26)10-2-4-12(16(23)24)14(8-10)18(27)28/h1-4,7-8H,5-6,19H2,(H,21,22)(H,23,24)(H,25,26)(H,27,28). The lowest BCUT2D eigenvalue weighted by molar-refractivity contribution is 0.0651. The van der Waals surface area contributed by atoms with Crippen LogP contribution in [-0.4, -0.2) is 57.4 Å². The van der Waals surface area contributed by atoms with Gasteiger partial charge in [0.25, 0.3) is 0 Å². The normalized spacial score (nSPS) is 10.3. The van der Waals surface area contributed by atoms with Crippen LogP contribution in [0.5, 0.6) is 0 Å². The van der Waals surface area contributed by atoms with Crippen molar-refractivity contribution in [2.24, 2.45) is 5.73 Å². The van der Waals surface area contributed by atoms with E-state index in [1.165, 1.54) is 17.0 Å². The van der Waals surface area contributed by atoms with E-state index in [1.807, 2.05) is 0 Å². The zero-order valence-electron chi connectivity index (χ0n) is 14.3. The van der Waals surface area contributed by atoms with Crippen LogP contribution in [0.1, 0.15) is 41.4 Å². The van der Waals surface area contributed by atoms with Gasteiger partial charge in [-0.3, -0.25) is 0 Å². The number of aromatic carboxylic acids is 4. The van der Waals surface area contributed by atoms with Gasteiger partial charge < -0.3 is 31.1 Å². The molecule has 0 heterocycles. The number of rotatable bonds is 8. The highest BCUT2D eigenvalue weighted by molar-refractivity contribution is 6.04. The van der Waals surface area contributed by atoms with Gasteiger partial charge in [0.05, 0.1) is 22.3 Å². The summed E-state index contributed by atoms with van der Waals surface area (Å²) in [5, 5.41) is 36.8. The molecule has 0 saturated carbocycles. The number of nitrogens with zero attached hydrogens (tertiary/aromatic N) is 1. The largest absolute Gasteiger partial charge is 0.478 e. The Bertz CT molecular complexity index is 895. The van der Waals surface area contributed by atoms with Gasteiger partial charge in [-0.05, 0) is 36.4 Å². The van der Waals surface area contributed by atoms with E-state index in [-0.39, 0.29) is 24.5 Å². The molecule has 146 valence electrons. The molecule has 0 unspecified atom stereocenters. The van der Waals surface area contributed by atoms with E-state index in [9.17, 15) is 29.4 Å². The van der Waals surface area contributed by atoms with Crippen LogP contribution < -0.4 is 10.6 Å². The molecule has 0 aliphatic carbocycles. The van der Waals surface area contributed by atoms with Crippen molar-refractivity contribution in [3.05, 3.63) is 58.7 Å². The molecule has 0 bridgehead atoms. The molecular weight excluding hydrogens is 372 g/mol. The smallest absolute Gasteiger partial charge is 0.336 e. The maximum Gasteiger partial charge on any atom is 0.336 e. The third-order valence-electron chi connectivity index (χ3n) is 3.90. The van der Waals surface area contributed by atoms with Crippen molar-refractivity contribution in [3.63, 3.8) is 0 Å². The highest BCUT2D eigenvalue weighted by atomic mass is 16.4. The molecule has 0 spiro atoms. The molecule has 6 N–H and O–H groups in total. The second-order valence-corrected chi connectivity index (χ2v) is 5.62. The number of carbonyl (C=O) groups is 4. The van der Waals surface area contributed by atoms with Gasteiger partial charge >= 0.3 is 23.9 Å². The molecule has 0 fully saturated rings. The van der Waals surface area contributed by atoms with E-state index in [4.69, 9.17) is 15.9 Å². The van der Waals surface area contributed by atoms with E-state index in [1.54, 1.807) is 0 Å². The molecule has 28 heavy (non-hydrogen) atoms. The van der Waals surface area contributed by atoms with Gasteiger partial charge in [-0.2, -0.15) is 0 Å². The predicted octanol–water partition coefficient (Wildman–Crippen LogP) is 1.58. The van der Waals surface area contributed by atoms with Crippen LogP contribution >= 0.6 is 0 Å². The highest BCUT2D eigenvalue weighted by Gasteiger charge is 2.21. The summed E-state index contributed by atoms with van der Waals surface area (Å²) in [7, 11) is 0. The van der Waals surface area contributed by atoms with Crippen LogP contribution in [0.4, 0.5) is 11.4 Å². The Hall–Kier alpha value is -3.92. The number of anilines is 2. The van der Waals surface area contributed by atoms with Gasteiger partial charge in [-0.15, -0.1) is 0 Å². The van der Waals surface area contributed by atoms with Crippen molar-refractivity contribution < 1.29 is 39.6 Å². The minimum Gasteiger partial charge on any atom is -0.478 e. The minimum absolute atomic E-state index is 0.103. The molecule has 0 aliphatic heterocycles. The third kappa shape index (κ3) is 4.07. The van der Waals surface area contributed by atoms with Crippen molar-refractivity contribution in [3.8, 4) is 0 Å². The molecule has 0 saturated heterocycles. The second kappa shape index (κ2) is 8.18. The lowest BCUT2D eigenvalue weighted by Gasteiger charge is -2.25. The zero-order chi connectivity index (χ0) is 21.0. The van der Waals surface area contributed by atoms with Crippen molar-refractivity contribution in [2.75, 3.05) is 18.0 Å². The molecular formula is C18H16N2O8. The fourth-order valence-corrected chi connectivity index (χ4v) is 2.66. The summed E-state index contributed by atoms with van der Waals surface area (Å²) in [4.78, 5) is 46.7. The molecule has 2 aromatic rings. The number of benzene rings is 2. The molecule has 0 aliphatic rings. The first kappa shape index (κ1) is 20.4. The summed E-state index contributed by atoms with van der Waals surface area (Å²) >= 11 is 0. The van der Waals surface area contributed by atoms with E-state index >= 15 is 0 Å². The summed E-state index contributed by atoms with van der Waals surface area (Å²) < 4.78 is 0. The number of hydrogen-bond acceptors (Lipinski definition) is 6. The van der Waals surface area contributed by atoms with Crippen LogP contribution in [-0.2, 0) is 0 Å². The van der Waals surface area contributed by atoms with Gasteiger partial charge in [0, 0.05) is 24.5 Å². The first-order chi connectivity index (χ1) is 13.2. The summed E-state index contributed by atoms with van der Waals surface area (Å²) in [6, 6.07) is 7.22. The highest BCUT2D eigenvalue weighted by Crippen LogP contribution is 2.29. The lowest BCUT2D eigenvalue weighted by atomic mass is 10.0. The Labute approximate surface area is 158 Å². The molecule has 0 amide bonds. The van der Waals surface area contributed by atoms with Gasteiger partial charge in [0.2, 0.25) is 0 Å². The maximum atomic E-state index is 11.4. The van der Waals surface area contributed by atoms with Crippen molar-refractivity contribution in [2.45, 2.75) is 0 Å². The number of hydrogen-bond donors (Lipinski definition) is 5. The molecule has 10 nitrogen and oxygen atoms in total. The fourth-order valence-electron chi connectivity index (χ4n) is 2.66. The van der Waals surface area contributed by atoms with Gasteiger partial charge in [0.1, 0.15) is 0 Å². The molecule has 0 radical (unpaired) electrons. The molecule has 10 heteroatoms. The van der Waals surface area contributed by atoms with Gasteiger partial charge in [-0.25, -0.2) is 19.2 Å². The Morgan fingerprint density at radius 3 is 1.32 bits per heavy atom. The average Bonchev–Trinajstić information content (AvgIpc) is 2.64. The lowest BCUT2D eigenvalue weighted by Crippen LogP contribution is -2.26. The summed E-state index contributed by atoms with van der Waals surface area (Å²) in [6.07, 6.45) is 0. The van der Waals surface area contributed by atoms with E-state index in [0.29, 0.717) is 0 Å². The number of nitrogens with two attached hydrogens (primary N) is 1. The summed E-state index contributed by atoms with van der Waals surface area (Å²) in [5.41, 5.74) is 4.39. The maximum absolute atomic E-state index is 11.4. The molecule has 2 aromatic carbocycles. The van der Waals surface area contributed by atoms with E-state index in [0.717, 1.165) is 24.3 Å². The van der Waals surface area contributed by atoms with Gasteiger partial charge in [-0.1, -0.05) is 0 Å². The van der Waals surface area contributed by atoms with Crippen LogP contribution in [0.2, 0.25) is 0 Å². The van der Waals surface area contributed by atoms with Crippen molar-refractivity contribution >= 4 is 35.3 Å². The monoisotopic (exact) mass is 388 g/mol. The van der Waals surface area contributed by atoms with Crippen LogP contribution in [0.15, 0.2) is 36.4 Å². The number of carboxylic acids is 4. The minimum atomic E-state index is -1.45. The Morgan fingerprint density at radius 2 is 1.04 bits per heavy atom. The topological polar surface area (TPSA) is 178 Å². The van der Waals surface area contributed by atoms with Gasteiger partial charge in [0.15, 0.2) is 0 Å². The Morgan fingerprint density at radius 1 is 0.679 bits per heavy atom. The second-order valence-electron chi connectivity index (χ2n) is 5.62. The first-order valence-corrected chi connectivity index (χ1v) is 7.86. The van der Waals surface area contributed by atoms with E-state index in [2.05, 4.69) is 0 Å². The first-order valence-electron chi connectivity index (χ1n) is 7.86. The molecule has 2 rings (SSSR count).